The van der Waals surface area contributed by atoms with E-state index in [4.69, 9.17) is 5.84 Å². The third-order valence-corrected chi connectivity index (χ3v) is 3.95. The molecule has 0 saturated carbocycles. The number of rotatable bonds is 2. The van der Waals surface area contributed by atoms with Crippen LogP contribution in [0.4, 0.5) is 5.69 Å². The van der Waals surface area contributed by atoms with Gasteiger partial charge in [0, 0.05) is 12.6 Å². The first kappa shape index (κ1) is 12.9. The molecule has 1 aromatic carbocycles. The minimum atomic E-state index is 0.0719. The molecular formula is C14H21N3O. The molecule has 0 spiro atoms. The van der Waals surface area contributed by atoms with Crippen LogP contribution in [0.2, 0.25) is 0 Å². The smallest absolute Gasteiger partial charge is 0.256 e. The van der Waals surface area contributed by atoms with Crippen molar-refractivity contribution in [1.82, 2.24) is 4.90 Å². The predicted octanol–water partition coefficient (Wildman–Crippen LogP) is 2.23. The number of amides is 1. The van der Waals surface area contributed by atoms with E-state index in [1.54, 1.807) is 0 Å². The fourth-order valence-corrected chi connectivity index (χ4v) is 2.57. The highest BCUT2D eigenvalue weighted by Gasteiger charge is 2.29. The lowest BCUT2D eigenvalue weighted by Gasteiger charge is -2.38. The van der Waals surface area contributed by atoms with Gasteiger partial charge < -0.3 is 10.3 Å². The molecule has 2 unspecified atom stereocenters. The van der Waals surface area contributed by atoms with Gasteiger partial charge in [-0.3, -0.25) is 10.6 Å². The van der Waals surface area contributed by atoms with Crippen LogP contribution in [0.3, 0.4) is 0 Å². The number of piperidine rings is 1. The van der Waals surface area contributed by atoms with Gasteiger partial charge in [-0.1, -0.05) is 19.1 Å². The number of nitrogens with one attached hydrogen (secondary N) is 1. The summed E-state index contributed by atoms with van der Waals surface area (Å²) < 4.78 is 0. The van der Waals surface area contributed by atoms with Crippen molar-refractivity contribution < 1.29 is 4.79 Å². The molecule has 1 aromatic rings. The van der Waals surface area contributed by atoms with E-state index in [9.17, 15) is 4.79 Å². The highest BCUT2D eigenvalue weighted by Crippen LogP contribution is 2.26. The average Bonchev–Trinajstić information content (AvgIpc) is 2.41. The molecule has 2 rings (SSSR count). The highest BCUT2D eigenvalue weighted by atomic mass is 16.2. The zero-order valence-corrected chi connectivity index (χ0v) is 11.0. The molecule has 1 amide bonds. The van der Waals surface area contributed by atoms with Crippen molar-refractivity contribution in [3.05, 3.63) is 29.8 Å². The van der Waals surface area contributed by atoms with E-state index in [2.05, 4.69) is 19.3 Å². The molecule has 0 aromatic heterocycles. The van der Waals surface area contributed by atoms with Gasteiger partial charge in [-0.05, 0) is 37.8 Å². The molecule has 4 heteroatoms. The minimum Gasteiger partial charge on any atom is -0.336 e. The summed E-state index contributed by atoms with van der Waals surface area (Å²) in [5, 5.41) is 0. The fourth-order valence-electron chi connectivity index (χ4n) is 2.57. The van der Waals surface area contributed by atoms with Crippen LogP contribution in [-0.2, 0) is 0 Å². The first-order chi connectivity index (χ1) is 8.65. The summed E-state index contributed by atoms with van der Waals surface area (Å²) in [7, 11) is 0. The number of hydrazine groups is 1. The van der Waals surface area contributed by atoms with E-state index >= 15 is 0 Å². The van der Waals surface area contributed by atoms with Gasteiger partial charge in [0.15, 0.2) is 0 Å². The highest BCUT2D eigenvalue weighted by molar-refractivity contribution is 5.99. The van der Waals surface area contributed by atoms with Crippen LogP contribution in [-0.4, -0.2) is 23.4 Å². The van der Waals surface area contributed by atoms with Crippen molar-refractivity contribution in [3.63, 3.8) is 0 Å². The zero-order chi connectivity index (χ0) is 13.1. The number of anilines is 1. The summed E-state index contributed by atoms with van der Waals surface area (Å²) >= 11 is 0. The third-order valence-electron chi connectivity index (χ3n) is 3.95. The van der Waals surface area contributed by atoms with Gasteiger partial charge in [-0.2, -0.15) is 0 Å². The maximum absolute atomic E-state index is 12.6. The van der Waals surface area contributed by atoms with Crippen LogP contribution in [0.1, 0.15) is 37.0 Å². The summed E-state index contributed by atoms with van der Waals surface area (Å²) in [6.45, 7) is 5.17. The normalized spacial score (nSPS) is 23.8. The standard InChI is InChI=1S/C14H21N3O/c1-10-6-5-9-17(11(10)2)14(18)12-7-3-4-8-13(12)16-15/h3-4,7-8,10-11,16H,5-6,9,15H2,1-2H3. The first-order valence-corrected chi connectivity index (χ1v) is 6.51. The molecule has 1 fully saturated rings. The summed E-state index contributed by atoms with van der Waals surface area (Å²) in [6, 6.07) is 7.67. The van der Waals surface area contributed by atoms with Gasteiger partial charge >= 0.3 is 0 Å². The number of carbonyl (C=O) groups excluding carboxylic acids is 1. The number of nitrogens with two attached hydrogens (primary N) is 1. The summed E-state index contributed by atoms with van der Waals surface area (Å²) in [5.41, 5.74) is 3.94. The zero-order valence-electron chi connectivity index (χ0n) is 11.0. The van der Waals surface area contributed by atoms with Crippen molar-refractivity contribution in [2.45, 2.75) is 32.7 Å². The Labute approximate surface area is 108 Å². The SMILES string of the molecule is CC1CCCN(C(=O)c2ccccc2NN)C1C. The molecule has 0 radical (unpaired) electrons. The molecule has 4 nitrogen and oxygen atoms in total. The quantitative estimate of drug-likeness (QED) is 0.622. The number of benzene rings is 1. The summed E-state index contributed by atoms with van der Waals surface area (Å²) in [4.78, 5) is 14.5. The number of para-hydroxylation sites is 1. The van der Waals surface area contributed by atoms with Gasteiger partial charge in [-0.15, -0.1) is 0 Å². The number of nitrogen functional groups attached to an aromatic ring is 1. The van der Waals surface area contributed by atoms with Crippen LogP contribution in [0, 0.1) is 5.92 Å². The van der Waals surface area contributed by atoms with Crippen molar-refractivity contribution in [1.29, 1.82) is 0 Å². The number of hydrogen-bond acceptors (Lipinski definition) is 3. The Balaban J connectivity index is 2.25. The molecule has 1 saturated heterocycles. The van der Waals surface area contributed by atoms with Crippen LogP contribution >= 0.6 is 0 Å². The number of likely N-dealkylation sites (tertiary alicyclic amines) is 1. The van der Waals surface area contributed by atoms with E-state index in [1.165, 1.54) is 6.42 Å². The number of carbonyl (C=O) groups is 1. The second-order valence-corrected chi connectivity index (χ2v) is 5.05. The van der Waals surface area contributed by atoms with Crippen LogP contribution in [0.15, 0.2) is 24.3 Å². The Morgan fingerprint density at radius 3 is 2.83 bits per heavy atom. The Bertz CT molecular complexity index is 433. The molecular weight excluding hydrogens is 226 g/mol. The topological polar surface area (TPSA) is 58.4 Å². The van der Waals surface area contributed by atoms with E-state index in [0.29, 0.717) is 17.2 Å². The molecule has 18 heavy (non-hydrogen) atoms. The fraction of sp³-hybridized carbons (Fsp3) is 0.500. The first-order valence-electron chi connectivity index (χ1n) is 6.51. The maximum Gasteiger partial charge on any atom is 0.256 e. The molecule has 3 N–H and O–H groups in total. The summed E-state index contributed by atoms with van der Waals surface area (Å²) in [5.74, 6) is 6.09. The Kier molecular flexibility index (Phi) is 3.87. The maximum atomic E-state index is 12.6. The summed E-state index contributed by atoms with van der Waals surface area (Å²) in [6.07, 6.45) is 2.27. The van der Waals surface area contributed by atoms with Crippen LogP contribution in [0.25, 0.3) is 0 Å². The molecule has 0 aliphatic carbocycles. The number of hydrogen-bond donors (Lipinski definition) is 2. The minimum absolute atomic E-state index is 0.0719. The van der Waals surface area contributed by atoms with Crippen molar-refractivity contribution in [2.24, 2.45) is 11.8 Å². The molecule has 98 valence electrons. The average molecular weight is 247 g/mol. The Hall–Kier alpha value is -1.55. The Morgan fingerprint density at radius 2 is 2.11 bits per heavy atom. The largest absolute Gasteiger partial charge is 0.336 e. The lowest BCUT2D eigenvalue weighted by molar-refractivity contribution is 0.0552. The van der Waals surface area contributed by atoms with E-state index < -0.39 is 0 Å². The molecule has 2 atom stereocenters. The van der Waals surface area contributed by atoms with Crippen LogP contribution < -0.4 is 11.3 Å². The molecule has 1 aliphatic rings. The third kappa shape index (κ3) is 2.34. The van der Waals surface area contributed by atoms with Crippen LogP contribution in [0.5, 0.6) is 0 Å². The lowest BCUT2D eigenvalue weighted by atomic mass is 9.91. The Morgan fingerprint density at radius 1 is 1.39 bits per heavy atom. The molecule has 1 heterocycles. The lowest BCUT2D eigenvalue weighted by Crippen LogP contribution is -2.46. The predicted molar refractivity (Wildman–Crippen MR) is 73.1 cm³/mol. The van der Waals surface area contributed by atoms with Gasteiger partial charge in [0.05, 0.1) is 11.3 Å². The van der Waals surface area contributed by atoms with E-state index in [0.717, 1.165) is 13.0 Å². The van der Waals surface area contributed by atoms with Crippen molar-refractivity contribution >= 4 is 11.6 Å². The van der Waals surface area contributed by atoms with Crippen molar-refractivity contribution in [2.75, 3.05) is 12.0 Å². The van der Waals surface area contributed by atoms with E-state index in [1.807, 2.05) is 29.2 Å². The van der Waals surface area contributed by atoms with Gasteiger partial charge in [0.2, 0.25) is 0 Å². The molecule has 1 aliphatic heterocycles. The van der Waals surface area contributed by atoms with E-state index in [-0.39, 0.29) is 11.9 Å². The monoisotopic (exact) mass is 247 g/mol. The second kappa shape index (κ2) is 5.40. The number of nitrogens with zero attached hydrogens (tertiary/aromatic N) is 1. The van der Waals surface area contributed by atoms with Gasteiger partial charge in [0.25, 0.3) is 5.91 Å². The van der Waals surface area contributed by atoms with Gasteiger partial charge in [-0.25, -0.2) is 0 Å². The van der Waals surface area contributed by atoms with Crippen molar-refractivity contribution in [3.8, 4) is 0 Å². The molecule has 0 bridgehead atoms. The second-order valence-electron chi connectivity index (χ2n) is 5.05. The van der Waals surface area contributed by atoms with Gasteiger partial charge in [0.1, 0.15) is 0 Å².